The highest BCUT2D eigenvalue weighted by molar-refractivity contribution is 7.13. The van der Waals surface area contributed by atoms with Gasteiger partial charge in [0.05, 0.1) is 29.8 Å². The Kier molecular flexibility index (Phi) is 6.07. The summed E-state index contributed by atoms with van der Waals surface area (Å²) in [4.78, 5) is 55.2. The zero-order valence-electron chi connectivity index (χ0n) is 16.3. The predicted octanol–water partition coefficient (Wildman–Crippen LogP) is 2.51. The van der Waals surface area contributed by atoms with Gasteiger partial charge in [-0.3, -0.25) is 24.1 Å². The minimum atomic E-state index is -0.986. The number of rotatable bonds is 7. The molecule has 0 spiro atoms. The average molecular weight is 415 g/mol. The van der Waals surface area contributed by atoms with Crippen molar-refractivity contribution in [2.45, 2.75) is 33.2 Å². The lowest BCUT2D eigenvalue weighted by Gasteiger charge is -2.27. The van der Waals surface area contributed by atoms with E-state index in [9.17, 15) is 19.2 Å². The van der Waals surface area contributed by atoms with E-state index in [2.05, 4.69) is 10.3 Å². The lowest BCUT2D eigenvalue weighted by Crippen LogP contribution is -2.50. The predicted molar refractivity (Wildman–Crippen MR) is 107 cm³/mol. The van der Waals surface area contributed by atoms with E-state index in [0.29, 0.717) is 16.8 Å². The molecule has 0 saturated carbocycles. The van der Waals surface area contributed by atoms with Crippen molar-refractivity contribution in [3.05, 3.63) is 46.5 Å². The van der Waals surface area contributed by atoms with Crippen LogP contribution in [0.15, 0.2) is 29.6 Å². The summed E-state index contributed by atoms with van der Waals surface area (Å²) >= 11 is 1.16. The second-order valence-corrected chi connectivity index (χ2v) is 7.69. The highest BCUT2D eigenvalue weighted by Gasteiger charge is 2.44. The molecular weight excluding hydrogens is 394 g/mol. The summed E-state index contributed by atoms with van der Waals surface area (Å²) in [5.41, 5.74) is 1.06. The minimum absolute atomic E-state index is 0.00618. The first-order valence-corrected chi connectivity index (χ1v) is 10.1. The Balaban J connectivity index is 1.76. The van der Waals surface area contributed by atoms with Crippen LogP contribution in [0.25, 0.3) is 0 Å². The number of thiazole rings is 1. The van der Waals surface area contributed by atoms with Gasteiger partial charge < -0.3 is 10.1 Å². The standard InChI is InChI=1S/C20H21N3O5S/c1-4-28-15(24)9-12-10-29-20(21-12)22-17(25)16(11(2)3)23-18(26)13-7-5-6-8-14(13)19(23)27/h5-8,10-11,16H,4,9H2,1-3H3,(H,21,22,25)/t16-/m1/s1. The molecule has 1 N–H and O–H groups in total. The highest BCUT2D eigenvalue weighted by atomic mass is 32.1. The quantitative estimate of drug-likeness (QED) is 0.550. The molecule has 1 aromatic carbocycles. The second-order valence-electron chi connectivity index (χ2n) is 6.83. The molecular formula is C20H21N3O5S. The molecule has 1 aliphatic heterocycles. The molecule has 3 rings (SSSR count). The zero-order valence-corrected chi connectivity index (χ0v) is 17.1. The van der Waals surface area contributed by atoms with Crippen molar-refractivity contribution in [2.24, 2.45) is 5.92 Å². The van der Waals surface area contributed by atoms with Gasteiger partial charge in [-0.1, -0.05) is 26.0 Å². The molecule has 1 aliphatic rings. The number of fused-ring (bicyclic) bond motifs is 1. The number of ether oxygens (including phenoxy) is 1. The van der Waals surface area contributed by atoms with Crippen molar-refractivity contribution in [3.63, 3.8) is 0 Å². The molecule has 0 saturated heterocycles. The summed E-state index contributed by atoms with van der Waals surface area (Å²) in [5, 5.41) is 4.60. The van der Waals surface area contributed by atoms with Gasteiger partial charge in [0.25, 0.3) is 11.8 Å². The number of imide groups is 1. The largest absolute Gasteiger partial charge is 0.466 e. The van der Waals surface area contributed by atoms with E-state index in [-0.39, 0.29) is 24.1 Å². The molecule has 2 aromatic rings. The lowest BCUT2D eigenvalue weighted by atomic mass is 10.0. The third kappa shape index (κ3) is 4.19. The Morgan fingerprint density at radius 1 is 1.17 bits per heavy atom. The third-order valence-electron chi connectivity index (χ3n) is 4.42. The molecule has 29 heavy (non-hydrogen) atoms. The summed E-state index contributed by atoms with van der Waals surface area (Å²) in [7, 11) is 0. The second kappa shape index (κ2) is 8.52. The molecule has 152 valence electrons. The maximum absolute atomic E-state index is 12.9. The van der Waals surface area contributed by atoms with Gasteiger partial charge in [-0.2, -0.15) is 0 Å². The van der Waals surface area contributed by atoms with Crippen LogP contribution in [0.1, 0.15) is 47.2 Å². The van der Waals surface area contributed by atoms with Crippen LogP contribution in [0.4, 0.5) is 5.13 Å². The number of aromatic nitrogens is 1. The van der Waals surface area contributed by atoms with Gasteiger partial charge in [0, 0.05) is 5.38 Å². The first kappa shape index (κ1) is 20.7. The molecule has 0 radical (unpaired) electrons. The van der Waals surface area contributed by atoms with Crippen molar-refractivity contribution in [2.75, 3.05) is 11.9 Å². The molecule has 1 atom stereocenters. The van der Waals surface area contributed by atoms with Crippen molar-refractivity contribution in [1.82, 2.24) is 9.88 Å². The summed E-state index contributed by atoms with van der Waals surface area (Å²) in [6.45, 7) is 5.53. The number of amides is 3. The smallest absolute Gasteiger partial charge is 0.311 e. The molecule has 0 aliphatic carbocycles. The Morgan fingerprint density at radius 3 is 2.34 bits per heavy atom. The number of esters is 1. The van der Waals surface area contributed by atoms with Crippen molar-refractivity contribution in [1.29, 1.82) is 0 Å². The topological polar surface area (TPSA) is 106 Å². The van der Waals surface area contributed by atoms with Gasteiger partial charge in [0.1, 0.15) is 6.04 Å². The number of benzene rings is 1. The number of carbonyl (C=O) groups is 4. The maximum Gasteiger partial charge on any atom is 0.311 e. The number of carbonyl (C=O) groups excluding carboxylic acids is 4. The molecule has 9 heteroatoms. The third-order valence-corrected chi connectivity index (χ3v) is 5.22. The van der Waals surface area contributed by atoms with Crippen LogP contribution >= 0.6 is 11.3 Å². The molecule has 0 fully saturated rings. The lowest BCUT2D eigenvalue weighted by molar-refractivity contribution is -0.142. The van der Waals surface area contributed by atoms with E-state index >= 15 is 0 Å². The van der Waals surface area contributed by atoms with E-state index in [1.54, 1.807) is 50.4 Å². The fraction of sp³-hybridized carbons (Fsp3) is 0.350. The normalized spacial score (nSPS) is 14.1. The van der Waals surface area contributed by atoms with E-state index in [1.165, 1.54) is 0 Å². The zero-order chi connectivity index (χ0) is 21.1. The Bertz CT molecular complexity index is 934. The van der Waals surface area contributed by atoms with Crippen LogP contribution in [-0.4, -0.2) is 46.2 Å². The van der Waals surface area contributed by atoms with Gasteiger partial charge in [-0.25, -0.2) is 4.98 Å². The number of anilines is 1. The number of nitrogens with zero attached hydrogens (tertiary/aromatic N) is 2. The molecule has 8 nitrogen and oxygen atoms in total. The van der Waals surface area contributed by atoms with Crippen LogP contribution in [0.2, 0.25) is 0 Å². The Hall–Kier alpha value is -3.07. The summed E-state index contributed by atoms with van der Waals surface area (Å²) in [5.74, 6) is -2.19. The number of hydrogen-bond donors (Lipinski definition) is 1. The van der Waals surface area contributed by atoms with Gasteiger partial charge in [0.2, 0.25) is 5.91 Å². The summed E-state index contributed by atoms with van der Waals surface area (Å²) in [6.07, 6.45) is 0.00618. The van der Waals surface area contributed by atoms with Crippen LogP contribution in [0.3, 0.4) is 0 Å². The highest BCUT2D eigenvalue weighted by Crippen LogP contribution is 2.28. The molecule has 0 unspecified atom stereocenters. The molecule has 1 aromatic heterocycles. The van der Waals surface area contributed by atoms with Crippen molar-refractivity contribution >= 4 is 40.2 Å². The van der Waals surface area contributed by atoms with Crippen LogP contribution in [-0.2, 0) is 20.7 Å². The van der Waals surface area contributed by atoms with Crippen LogP contribution in [0.5, 0.6) is 0 Å². The van der Waals surface area contributed by atoms with Gasteiger partial charge in [-0.05, 0) is 25.0 Å². The van der Waals surface area contributed by atoms with Gasteiger partial charge in [-0.15, -0.1) is 11.3 Å². The van der Waals surface area contributed by atoms with Crippen molar-refractivity contribution in [3.8, 4) is 0 Å². The monoisotopic (exact) mass is 415 g/mol. The van der Waals surface area contributed by atoms with Crippen molar-refractivity contribution < 1.29 is 23.9 Å². The molecule has 0 bridgehead atoms. The van der Waals surface area contributed by atoms with Gasteiger partial charge >= 0.3 is 5.97 Å². The summed E-state index contributed by atoms with van der Waals surface area (Å²) < 4.78 is 4.88. The first-order valence-electron chi connectivity index (χ1n) is 9.21. The average Bonchev–Trinajstić information content (AvgIpc) is 3.20. The Morgan fingerprint density at radius 2 is 1.79 bits per heavy atom. The fourth-order valence-electron chi connectivity index (χ4n) is 3.16. The number of nitrogens with one attached hydrogen (secondary N) is 1. The van der Waals surface area contributed by atoms with Crippen LogP contribution < -0.4 is 5.32 Å². The maximum atomic E-state index is 12.9. The first-order chi connectivity index (χ1) is 13.8. The summed E-state index contributed by atoms with van der Waals surface area (Å²) in [6, 6.07) is 5.53. The van der Waals surface area contributed by atoms with E-state index in [1.807, 2.05) is 0 Å². The van der Waals surface area contributed by atoms with E-state index in [4.69, 9.17) is 4.74 Å². The van der Waals surface area contributed by atoms with Gasteiger partial charge in [0.15, 0.2) is 5.13 Å². The number of hydrogen-bond acceptors (Lipinski definition) is 7. The Labute approximate surface area is 171 Å². The fourth-order valence-corrected chi connectivity index (χ4v) is 3.88. The minimum Gasteiger partial charge on any atom is -0.466 e. The SMILES string of the molecule is CCOC(=O)Cc1csc(NC(=O)[C@@H](C(C)C)N2C(=O)c3ccccc3C2=O)n1. The van der Waals surface area contributed by atoms with E-state index in [0.717, 1.165) is 16.2 Å². The van der Waals surface area contributed by atoms with Crippen LogP contribution in [0, 0.1) is 5.92 Å². The molecule has 2 heterocycles. The molecule has 3 amide bonds. The van der Waals surface area contributed by atoms with E-state index < -0.39 is 29.7 Å².